The van der Waals surface area contributed by atoms with Gasteiger partial charge in [-0.1, -0.05) is 6.07 Å². The smallest absolute Gasteiger partial charge is 0.264 e. The number of amides is 2. The van der Waals surface area contributed by atoms with Crippen LogP contribution in [-0.4, -0.2) is 45.2 Å². The molecule has 5 nitrogen and oxygen atoms in total. The van der Waals surface area contributed by atoms with Gasteiger partial charge in [0, 0.05) is 31.9 Å². The van der Waals surface area contributed by atoms with Crippen molar-refractivity contribution in [3.8, 4) is 0 Å². The topological polar surface area (TPSA) is 53.5 Å². The number of nitrogens with zero attached hydrogens (tertiary/aromatic N) is 3. The normalized spacial score (nSPS) is 23.4. The van der Waals surface area contributed by atoms with Crippen LogP contribution in [0.25, 0.3) is 0 Å². The molecule has 2 saturated heterocycles. The van der Waals surface area contributed by atoms with Gasteiger partial charge < -0.3 is 9.80 Å². The zero-order valence-corrected chi connectivity index (χ0v) is 14.1. The fourth-order valence-corrected chi connectivity index (χ4v) is 4.51. The summed E-state index contributed by atoms with van der Waals surface area (Å²) in [6.45, 7) is 1.33. The molecule has 2 aromatic heterocycles. The average Bonchev–Trinajstić information content (AvgIpc) is 3.27. The van der Waals surface area contributed by atoms with Gasteiger partial charge >= 0.3 is 0 Å². The van der Waals surface area contributed by atoms with Crippen molar-refractivity contribution in [1.29, 1.82) is 0 Å². The van der Waals surface area contributed by atoms with Crippen LogP contribution < -0.4 is 0 Å². The lowest BCUT2D eigenvalue weighted by molar-refractivity contribution is -0.138. The van der Waals surface area contributed by atoms with E-state index in [0.29, 0.717) is 13.0 Å². The van der Waals surface area contributed by atoms with E-state index in [4.69, 9.17) is 0 Å². The number of pyridine rings is 1. The molecule has 0 aromatic carbocycles. The third-order valence-electron chi connectivity index (χ3n) is 4.98. The second-order valence-electron chi connectivity index (χ2n) is 6.31. The highest BCUT2D eigenvalue weighted by Crippen LogP contribution is 2.33. The first-order valence-electron chi connectivity index (χ1n) is 8.27. The molecule has 2 atom stereocenters. The van der Waals surface area contributed by atoms with Crippen molar-refractivity contribution in [2.45, 2.75) is 37.9 Å². The van der Waals surface area contributed by atoms with Crippen LogP contribution in [-0.2, 0) is 11.3 Å². The van der Waals surface area contributed by atoms with Crippen molar-refractivity contribution in [1.82, 2.24) is 14.8 Å². The molecule has 0 unspecified atom stereocenters. The van der Waals surface area contributed by atoms with Crippen LogP contribution in [0.4, 0.5) is 0 Å². The van der Waals surface area contributed by atoms with Gasteiger partial charge in [-0.3, -0.25) is 14.6 Å². The van der Waals surface area contributed by atoms with Crippen LogP contribution in [0.15, 0.2) is 42.0 Å². The number of rotatable bonds is 3. The molecule has 4 heterocycles. The quantitative estimate of drug-likeness (QED) is 0.862. The third-order valence-corrected chi connectivity index (χ3v) is 5.84. The minimum Gasteiger partial charge on any atom is -0.333 e. The molecule has 0 saturated carbocycles. The maximum Gasteiger partial charge on any atom is 0.264 e. The minimum absolute atomic E-state index is 0.107. The molecule has 124 valence electrons. The van der Waals surface area contributed by atoms with Gasteiger partial charge in [-0.15, -0.1) is 11.3 Å². The van der Waals surface area contributed by atoms with E-state index >= 15 is 0 Å². The molecule has 6 heteroatoms. The van der Waals surface area contributed by atoms with Crippen molar-refractivity contribution in [3.63, 3.8) is 0 Å². The molecule has 2 aromatic rings. The van der Waals surface area contributed by atoms with Gasteiger partial charge in [0.05, 0.1) is 17.0 Å². The summed E-state index contributed by atoms with van der Waals surface area (Å²) < 4.78 is 0. The third kappa shape index (κ3) is 2.71. The Morgan fingerprint density at radius 1 is 1.21 bits per heavy atom. The summed E-state index contributed by atoms with van der Waals surface area (Å²) in [4.78, 5) is 33.9. The Morgan fingerprint density at radius 3 is 2.79 bits per heavy atom. The second kappa shape index (κ2) is 6.36. The summed E-state index contributed by atoms with van der Waals surface area (Å²) in [6, 6.07) is 7.94. The predicted octanol–water partition coefficient (Wildman–Crippen LogP) is 2.55. The van der Waals surface area contributed by atoms with Crippen molar-refractivity contribution in [2.75, 3.05) is 6.54 Å². The fraction of sp³-hybridized carbons (Fsp3) is 0.389. The summed E-state index contributed by atoms with van der Waals surface area (Å²) in [7, 11) is 0. The van der Waals surface area contributed by atoms with Crippen molar-refractivity contribution in [2.24, 2.45) is 0 Å². The number of hydrogen-bond donors (Lipinski definition) is 0. The Morgan fingerprint density at radius 2 is 2.04 bits per heavy atom. The van der Waals surface area contributed by atoms with Gasteiger partial charge in [-0.05, 0) is 42.0 Å². The lowest BCUT2D eigenvalue weighted by atomic mass is 9.95. The number of hydrogen-bond acceptors (Lipinski definition) is 4. The van der Waals surface area contributed by atoms with Gasteiger partial charge in [0.25, 0.3) is 5.91 Å². The molecule has 2 fully saturated rings. The van der Waals surface area contributed by atoms with E-state index in [9.17, 15) is 9.59 Å². The highest BCUT2D eigenvalue weighted by Gasteiger charge is 2.44. The van der Waals surface area contributed by atoms with Gasteiger partial charge in [0.15, 0.2) is 0 Å². The number of carbonyl (C=O) groups excluding carboxylic acids is 2. The number of aromatic nitrogens is 1. The first-order valence-corrected chi connectivity index (χ1v) is 9.15. The van der Waals surface area contributed by atoms with E-state index in [0.717, 1.165) is 29.8 Å². The van der Waals surface area contributed by atoms with Crippen LogP contribution >= 0.6 is 11.3 Å². The predicted molar refractivity (Wildman–Crippen MR) is 91.6 cm³/mol. The Kier molecular flexibility index (Phi) is 4.06. The van der Waals surface area contributed by atoms with E-state index in [1.54, 1.807) is 12.4 Å². The molecule has 0 bridgehead atoms. The van der Waals surface area contributed by atoms with Crippen molar-refractivity contribution < 1.29 is 9.59 Å². The molecule has 0 aliphatic carbocycles. The van der Waals surface area contributed by atoms with E-state index in [-0.39, 0.29) is 23.9 Å². The lowest BCUT2D eigenvalue weighted by Gasteiger charge is -2.39. The largest absolute Gasteiger partial charge is 0.333 e. The number of thiophene rings is 1. The molecule has 4 rings (SSSR count). The maximum atomic E-state index is 12.7. The number of likely N-dealkylation sites (tertiary alicyclic amines) is 2. The SMILES string of the molecule is O=C1CC[C@@H]2[C@@H](CCN2C(=O)c2cccs2)N1Cc1ccncc1. The Bertz CT molecular complexity index is 732. The van der Waals surface area contributed by atoms with Crippen LogP contribution in [0.3, 0.4) is 0 Å². The zero-order chi connectivity index (χ0) is 16.5. The number of fused-ring (bicyclic) bond motifs is 1. The Hall–Kier alpha value is -2.21. The first-order chi connectivity index (χ1) is 11.7. The van der Waals surface area contributed by atoms with Crippen molar-refractivity contribution >= 4 is 23.2 Å². The summed E-state index contributed by atoms with van der Waals surface area (Å²) in [6.07, 6.45) is 5.65. The molecule has 2 amide bonds. The molecule has 0 N–H and O–H groups in total. The fourth-order valence-electron chi connectivity index (χ4n) is 3.83. The molecule has 0 radical (unpaired) electrons. The lowest BCUT2D eigenvalue weighted by Crippen LogP contribution is -2.52. The molecular weight excluding hydrogens is 322 g/mol. The number of piperidine rings is 1. The summed E-state index contributed by atoms with van der Waals surface area (Å²) in [5, 5.41) is 1.93. The van der Waals surface area contributed by atoms with Crippen molar-refractivity contribution in [3.05, 3.63) is 52.5 Å². The maximum absolute atomic E-state index is 12.7. The summed E-state index contributed by atoms with van der Waals surface area (Å²) in [5.74, 6) is 0.300. The van der Waals surface area contributed by atoms with Gasteiger partial charge in [-0.25, -0.2) is 0 Å². The standard InChI is InChI=1S/C18H19N3O2S/c22-17-4-3-14-15(21(17)12-13-5-8-19-9-6-13)7-10-20(14)18(23)16-2-1-11-24-16/h1-2,5-6,8-9,11,14-15H,3-4,7,10,12H2/t14-,15-/m1/s1. The Labute approximate surface area is 144 Å². The highest BCUT2D eigenvalue weighted by molar-refractivity contribution is 7.12. The van der Waals surface area contributed by atoms with Crippen LogP contribution in [0.2, 0.25) is 0 Å². The first kappa shape index (κ1) is 15.3. The van der Waals surface area contributed by atoms with Gasteiger partial charge in [0.1, 0.15) is 0 Å². The molecular formula is C18H19N3O2S. The average molecular weight is 341 g/mol. The Balaban J connectivity index is 1.54. The zero-order valence-electron chi connectivity index (χ0n) is 13.3. The summed E-state index contributed by atoms with van der Waals surface area (Å²) in [5.41, 5.74) is 1.09. The highest BCUT2D eigenvalue weighted by atomic mass is 32.1. The monoisotopic (exact) mass is 341 g/mol. The second-order valence-corrected chi connectivity index (χ2v) is 7.26. The van der Waals surface area contributed by atoms with E-state index in [2.05, 4.69) is 4.98 Å². The van der Waals surface area contributed by atoms with E-state index < -0.39 is 0 Å². The van der Waals surface area contributed by atoms with Crippen LogP contribution in [0.5, 0.6) is 0 Å². The minimum atomic E-state index is 0.107. The molecule has 2 aliphatic rings. The molecule has 2 aliphatic heterocycles. The number of carbonyl (C=O) groups is 2. The van der Waals surface area contributed by atoms with E-state index in [1.807, 2.05) is 39.4 Å². The summed E-state index contributed by atoms with van der Waals surface area (Å²) >= 11 is 1.48. The van der Waals surface area contributed by atoms with Gasteiger partial charge in [0.2, 0.25) is 5.91 Å². The van der Waals surface area contributed by atoms with Crippen LogP contribution in [0.1, 0.15) is 34.5 Å². The molecule has 0 spiro atoms. The van der Waals surface area contributed by atoms with E-state index in [1.165, 1.54) is 11.3 Å². The molecule has 24 heavy (non-hydrogen) atoms. The van der Waals surface area contributed by atoms with Gasteiger partial charge in [-0.2, -0.15) is 0 Å². The van der Waals surface area contributed by atoms with Crippen LogP contribution in [0, 0.1) is 0 Å².